The summed E-state index contributed by atoms with van der Waals surface area (Å²) in [5.74, 6) is -0.0622. The zero-order valence-electron chi connectivity index (χ0n) is 22.4. The molecule has 40 heavy (non-hydrogen) atoms. The molecule has 0 atom stereocenters. The number of aromatic nitrogens is 1. The Morgan fingerprint density at radius 1 is 0.950 bits per heavy atom. The first kappa shape index (κ1) is 27.5. The minimum absolute atomic E-state index is 0.0657. The number of carbonyl (C=O) groups excluding carboxylic acids is 2. The van der Waals surface area contributed by atoms with Crippen molar-refractivity contribution in [1.29, 1.82) is 0 Å². The molecule has 208 valence electrons. The predicted octanol–water partition coefficient (Wildman–Crippen LogP) is 5.94. The average Bonchev–Trinajstić information content (AvgIpc) is 3.62. The van der Waals surface area contributed by atoms with E-state index in [4.69, 9.17) is 16.0 Å². The van der Waals surface area contributed by atoms with Crippen LogP contribution in [0.1, 0.15) is 45.7 Å². The van der Waals surface area contributed by atoms with Crippen molar-refractivity contribution in [1.82, 2.24) is 14.4 Å². The molecule has 1 saturated heterocycles. The van der Waals surface area contributed by atoms with E-state index in [-0.39, 0.29) is 17.4 Å². The second-order valence-electron chi connectivity index (χ2n) is 9.83. The van der Waals surface area contributed by atoms with Crippen molar-refractivity contribution in [3.05, 3.63) is 113 Å². The van der Waals surface area contributed by atoms with E-state index in [9.17, 15) is 14.0 Å². The van der Waals surface area contributed by atoms with Crippen LogP contribution in [0.15, 0.2) is 83.4 Å². The molecule has 0 saturated carbocycles. The first-order valence-corrected chi connectivity index (χ1v) is 13.9. The van der Waals surface area contributed by atoms with Crippen molar-refractivity contribution < 1.29 is 18.4 Å². The van der Waals surface area contributed by atoms with Gasteiger partial charge in [0.25, 0.3) is 11.8 Å². The summed E-state index contributed by atoms with van der Waals surface area (Å²) in [4.78, 5) is 31.9. The molecule has 7 nitrogen and oxygen atoms in total. The van der Waals surface area contributed by atoms with Crippen molar-refractivity contribution in [2.24, 2.45) is 0 Å². The van der Waals surface area contributed by atoms with Crippen LogP contribution >= 0.6 is 11.6 Å². The number of rotatable bonds is 9. The normalized spacial score (nSPS) is 13.5. The van der Waals surface area contributed by atoms with Crippen LogP contribution in [0.5, 0.6) is 0 Å². The first-order valence-electron chi connectivity index (χ1n) is 13.5. The average molecular weight is 563 g/mol. The van der Waals surface area contributed by atoms with Gasteiger partial charge in [-0.2, -0.15) is 0 Å². The van der Waals surface area contributed by atoms with Gasteiger partial charge in [0.2, 0.25) is 0 Å². The minimum Gasteiger partial charge on any atom is -0.454 e. The number of furan rings is 1. The fourth-order valence-corrected chi connectivity index (χ4v) is 5.29. The molecule has 3 heterocycles. The van der Waals surface area contributed by atoms with Crippen LogP contribution in [0, 0.1) is 5.82 Å². The fraction of sp³-hybridized carbons (Fsp3) is 0.290. The summed E-state index contributed by atoms with van der Waals surface area (Å²) >= 11 is 6.34. The van der Waals surface area contributed by atoms with Crippen molar-refractivity contribution in [3.8, 4) is 0 Å². The standard InChI is InChI=1S/C31H32ClFN4O3/c1-2-15-37(30(38)25-9-3-5-11-27(25)33)21-23-8-7-16-36(23)22-24-13-14-29(40-24)31(39)35-19-17-34(18-20-35)28-12-6-4-10-26(28)32/h3-14,16H,2,15,17-22H2,1H3. The summed E-state index contributed by atoms with van der Waals surface area (Å²) in [7, 11) is 0. The monoisotopic (exact) mass is 562 g/mol. The molecule has 9 heteroatoms. The number of para-hydroxylation sites is 1. The SMILES string of the molecule is CCCN(Cc1cccn1Cc1ccc(C(=O)N2CCN(c3ccccc3Cl)CC2)o1)C(=O)c1ccccc1F. The molecule has 5 rings (SSSR count). The van der Waals surface area contributed by atoms with Gasteiger partial charge in [0.15, 0.2) is 5.76 Å². The van der Waals surface area contributed by atoms with E-state index in [1.54, 1.807) is 28.0 Å². The Labute approximate surface area is 238 Å². The second-order valence-corrected chi connectivity index (χ2v) is 10.2. The van der Waals surface area contributed by atoms with Gasteiger partial charge in [0.05, 0.1) is 29.4 Å². The quantitative estimate of drug-likeness (QED) is 0.253. The zero-order valence-corrected chi connectivity index (χ0v) is 23.2. The highest BCUT2D eigenvalue weighted by Crippen LogP contribution is 2.26. The molecule has 1 aliphatic rings. The number of hydrogen-bond acceptors (Lipinski definition) is 4. The molecule has 0 spiro atoms. The topological polar surface area (TPSA) is 61.9 Å². The van der Waals surface area contributed by atoms with Crippen molar-refractivity contribution in [2.75, 3.05) is 37.6 Å². The van der Waals surface area contributed by atoms with Crippen LogP contribution in [0.4, 0.5) is 10.1 Å². The lowest BCUT2D eigenvalue weighted by Crippen LogP contribution is -2.48. The maximum absolute atomic E-state index is 14.3. The number of halogens is 2. The van der Waals surface area contributed by atoms with E-state index in [1.807, 2.05) is 60.2 Å². The molecule has 2 aromatic carbocycles. The van der Waals surface area contributed by atoms with Crippen molar-refractivity contribution >= 4 is 29.1 Å². The molecule has 2 amide bonds. The molecular formula is C31H32ClFN4O3. The Bertz CT molecular complexity index is 1470. The van der Waals surface area contributed by atoms with Crippen LogP contribution in [-0.4, -0.2) is 58.9 Å². The van der Waals surface area contributed by atoms with Gasteiger partial charge < -0.3 is 23.7 Å². The third-order valence-corrected chi connectivity index (χ3v) is 7.44. The second kappa shape index (κ2) is 12.4. The van der Waals surface area contributed by atoms with Crippen LogP contribution in [-0.2, 0) is 13.1 Å². The first-order chi connectivity index (χ1) is 19.4. The molecule has 1 aliphatic heterocycles. The zero-order chi connectivity index (χ0) is 28.1. The van der Waals surface area contributed by atoms with Gasteiger partial charge in [-0.05, 0) is 55.0 Å². The Morgan fingerprint density at radius 3 is 2.45 bits per heavy atom. The van der Waals surface area contributed by atoms with Gasteiger partial charge in [-0.1, -0.05) is 42.8 Å². The number of carbonyl (C=O) groups is 2. The van der Waals surface area contributed by atoms with E-state index in [0.29, 0.717) is 62.4 Å². The molecule has 4 aromatic rings. The number of amides is 2. The summed E-state index contributed by atoms with van der Waals surface area (Å²) < 4.78 is 22.2. The van der Waals surface area contributed by atoms with Gasteiger partial charge in [-0.15, -0.1) is 0 Å². The molecule has 0 bridgehead atoms. The predicted molar refractivity (Wildman–Crippen MR) is 153 cm³/mol. The summed E-state index contributed by atoms with van der Waals surface area (Å²) in [5.41, 5.74) is 1.93. The third kappa shape index (κ3) is 6.07. The number of hydrogen-bond donors (Lipinski definition) is 0. The smallest absolute Gasteiger partial charge is 0.289 e. The van der Waals surface area contributed by atoms with Crippen LogP contribution in [0.2, 0.25) is 5.02 Å². The lowest BCUT2D eigenvalue weighted by molar-refractivity contribution is 0.0709. The fourth-order valence-electron chi connectivity index (χ4n) is 5.03. The van der Waals surface area contributed by atoms with E-state index >= 15 is 0 Å². The number of anilines is 1. The van der Waals surface area contributed by atoms with Gasteiger partial charge in [0.1, 0.15) is 11.6 Å². The van der Waals surface area contributed by atoms with E-state index in [1.165, 1.54) is 12.1 Å². The molecule has 0 radical (unpaired) electrons. The Kier molecular flexibility index (Phi) is 8.55. The summed E-state index contributed by atoms with van der Waals surface area (Å²) in [6.45, 7) is 5.75. The van der Waals surface area contributed by atoms with Gasteiger partial charge in [0, 0.05) is 44.6 Å². The number of nitrogens with zero attached hydrogens (tertiary/aromatic N) is 4. The van der Waals surface area contributed by atoms with E-state index in [2.05, 4.69) is 4.90 Å². The minimum atomic E-state index is -0.526. The largest absolute Gasteiger partial charge is 0.454 e. The molecule has 0 N–H and O–H groups in total. The van der Waals surface area contributed by atoms with E-state index < -0.39 is 5.82 Å². The molecule has 0 unspecified atom stereocenters. The van der Waals surface area contributed by atoms with Crippen molar-refractivity contribution in [3.63, 3.8) is 0 Å². The Morgan fingerprint density at radius 2 is 1.70 bits per heavy atom. The van der Waals surface area contributed by atoms with E-state index in [0.717, 1.165) is 17.8 Å². The lowest BCUT2D eigenvalue weighted by atomic mass is 10.1. The number of benzene rings is 2. The van der Waals surface area contributed by atoms with Gasteiger partial charge in [-0.3, -0.25) is 9.59 Å². The molecule has 0 aliphatic carbocycles. The van der Waals surface area contributed by atoms with Crippen LogP contribution < -0.4 is 4.90 Å². The lowest BCUT2D eigenvalue weighted by Gasteiger charge is -2.36. The summed E-state index contributed by atoms with van der Waals surface area (Å²) in [5, 5.41) is 0.705. The Hall–Kier alpha value is -4.04. The highest BCUT2D eigenvalue weighted by Gasteiger charge is 2.25. The highest BCUT2D eigenvalue weighted by atomic mass is 35.5. The van der Waals surface area contributed by atoms with Gasteiger partial charge in [-0.25, -0.2) is 4.39 Å². The maximum Gasteiger partial charge on any atom is 0.289 e. The van der Waals surface area contributed by atoms with Crippen molar-refractivity contribution in [2.45, 2.75) is 26.4 Å². The third-order valence-electron chi connectivity index (χ3n) is 7.12. The summed E-state index contributed by atoms with van der Waals surface area (Å²) in [6, 6.07) is 21.1. The Balaban J connectivity index is 1.22. The van der Waals surface area contributed by atoms with Gasteiger partial charge >= 0.3 is 0 Å². The maximum atomic E-state index is 14.3. The number of piperazine rings is 1. The molecular weight excluding hydrogens is 531 g/mol. The van der Waals surface area contributed by atoms with Crippen LogP contribution in [0.3, 0.4) is 0 Å². The van der Waals surface area contributed by atoms with Crippen LogP contribution in [0.25, 0.3) is 0 Å². The molecule has 2 aromatic heterocycles. The molecule has 1 fully saturated rings. The highest BCUT2D eigenvalue weighted by molar-refractivity contribution is 6.33. The summed E-state index contributed by atoms with van der Waals surface area (Å²) in [6.07, 6.45) is 2.65.